The van der Waals surface area contributed by atoms with E-state index in [-0.39, 0.29) is 10.1 Å². The van der Waals surface area contributed by atoms with Crippen molar-refractivity contribution in [3.63, 3.8) is 0 Å². The van der Waals surface area contributed by atoms with Crippen LogP contribution in [0.15, 0.2) is 10.1 Å². The van der Waals surface area contributed by atoms with Gasteiger partial charge < -0.3 is 5.11 Å². The molecule has 0 rings (SSSR count). The Labute approximate surface area is 108 Å². The van der Waals surface area contributed by atoms with Gasteiger partial charge in [0.1, 0.15) is 5.03 Å². The van der Waals surface area contributed by atoms with E-state index in [1.807, 2.05) is 0 Å². The molecule has 0 atom stereocenters. The summed E-state index contributed by atoms with van der Waals surface area (Å²) in [6.07, 6.45) is 8.85. The number of allylic oxidation sites excluding steroid dienone is 1. The van der Waals surface area contributed by atoms with Crippen LogP contribution in [0.1, 0.15) is 58.3 Å². The predicted octanol–water partition coefficient (Wildman–Crippen LogP) is 4.90. The SMILES string of the molecule is CCCCCCCCC/C(Cl)=C(\Cl)C(=O)O. The third-order valence-corrected chi connectivity index (χ3v) is 3.29. The molecule has 0 fully saturated rings. The van der Waals surface area contributed by atoms with Crippen LogP contribution >= 0.6 is 23.2 Å². The smallest absolute Gasteiger partial charge is 0.348 e. The zero-order valence-electron chi connectivity index (χ0n) is 9.77. The van der Waals surface area contributed by atoms with Crippen LogP contribution in [0.2, 0.25) is 0 Å². The van der Waals surface area contributed by atoms with Crippen molar-refractivity contribution in [2.24, 2.45) is 0 Å². The van der Waals surface area contributed by atoms with Crippen molar-refractivity contribution >= 4 is 29.2 Å². The predicted molar refractivity (Wildman–Crippen MR) is 69.0 cm³/mol. The molecule has 1 N–H and O–H groups in total. The summed E-state index contributed by atoms with van der Waals surface area (Å²) in [5.41, 5.74) is 0. The average molecular weight is 267 g/mol. The number of hydrogen-bond donors (Lipinski definition) is 1. The van der Waals surface area contributed by atoms with E-state index in [0.717, 1.165) is 12.8 Å². The Bertz CT molecular complexity index is 237. The maximum atomic E-state index is 10.5. The van der Waals surface area contributed by atoms with Gasteiger partial charge in [0.25, 0.3) is 0 Å². The van der Waals surface area contributed by atoms with Crippen LogP contribution in [0, 0.1) is 0 Å². The summed E-state index contributed by atoms with van der Waals surface area (Å²) >= 11 is 11.3. The minimum Gasteiger partial charge on any atom is -0.477 e. The number of hydrogen-bond acceptors (Lipinski definition) is 1. The second-order valence-corrected chi connectivity index (χ2v) is 4.73. The van der Waals surface area contributed by atoms with Gasteiger partial charge in [0.05, 0.1) is 0 Å². The maximum Gasteiger partial charge on any atom is 0.348 e. The molecular formula is C12H20Cl2O2. The van der Waals surface area contributed by atoms with Crippen LogP contribution in [0.3, 0.4) is 0 Å². The lowest BCUT2D eigenvalue weighted by molar-refractivity contribution is -0.131. The number of rotatable bonds is 9. The molecule has 0 saturated carbocycles. The van der Waals surface area contributed by atoms with E-state index in [1.54, 1.807) is 0 Å². The van der Waals surface area contributed by atoms with E-state index in [9.17, 15) is 4.79 Å². The lowest BCUT2D eigenvalue weighted by Crippen LogP contribution is -1.96. The fourth-order valence-electron chi connectivity index (χ4n) is 1.46. The Balaban J connectivity index is 3.52. The van der Waals surface area contributed by atoms with Crippen LogP contribution in [-0.2, 0) is 4.79 Å². The molecule has 0 unspecified atom stereocenters. The Hall–Kier alpha value is -0.210. The molecular weight excluding hydrogens is 247 g/mol. The maximum absolute atomic E-state index is 10.5. The summed E-state index contributed by atoms with van der Waals surface area (Å²) in [7, 11) is 0. The number of carbonyl (C=O) groups is 1. The van der Waals surface area contributed by atoms with Gasteiger partial charge in [-0.25, -0.2) is 4.79 Å². The number of aliphatic carboxylic acids is 1. The van der Waals surface area contributed by atoms with Crippen LogP contribution in [-0.4, -0.2) is 11.1 Å². The molecule has 2 nitrogen and oxygen atoms in total. The molecule has 0 heterocycles. The highest BCUT2D eigenvalue weighted by atomic mass is 35.5. The van der Waals surface area contributed by atoms with Gasteiger partial charge in [-0.3, -0.25) is 0 Å². The molecule has 0 aromatic heterocycles. The summed E-state index contributed by atoms with van der Waals surface area (Å²) < 4.78 is 0. The van der Waals surface area contributed by atoms with Crippen molar-refractivity contribution in [3.8, 4) is 0 Å². The molecule has 0 aliphatic heterocycles. The Kier molecular flexibility index (Phi) is 9.85. The van der Waals surface area contributed by atoms with Gasteiger partial charge in [-0.05, 0) is 12.8 Å². The summed E-state index contributed by atoms with van der Waals surface area (Å²) in [5, 5.41) is 8.60. The third-order valence-electron chi connectivity index (χ3n) is 2.43. The number of unbranched alkanes of at least 4 members (excludes halogenated alkanes) is 6. The molecule has 0 aliphatic rings. The van der Waals surface area contributed by atoms with E-state index in [4.69, 9.17) is 28.3 Å². The first-order valence-corrected chi connectivity index (χ1v) is 6.62. The minimum absolute atomic E-state index is 0.243. The molecule has 0 spiro atoms. The molecule has 0 saturated heterocycles. The molecule has 0 radical (unpaired) electrons. The van der Waals surface area contributed by atoms with Crippen LogP contribution in [0.25, 0.3) is 0 Å². The van der Waals surface area contributed by atoms with Gasteiger partial charge >= 0.3 is 5.97 Å². The first kappa shape index (κ1) is 15.8. The van der Waals surface area contributed by atoms with Crippen molar-refractivity contribution in [2.75, 3.05) is 0 Å². The minimum atomic E-state index is -1.14. The fraction of sp³-hybridized carbons (Fsp3) is 0.750. The molecule has 4 heteroatoms. The van der Waals surface area contributed by atoms with E-state index in [2.05, 4.69) is 6.92 Å². The highest BCUT2D eigenvalue weighted by molar-refractivity contribution is 6.47. The van der Waals surface area contributed by atoms with Crippen molar-refractivity contribution in [2.45, 2.75) is 58.3 Å². The standard InChI is InChI=1S/C12H20Cl2O2/c1-2-3-4-5-6-7-8-9-10(13)11(14)12(15)16/h2-9H2,1H3,(H,15,16)/b11-10+. The molecule has 0 bridgehead atoms. The third kappa shape index (κ3) is 8.00. The fourth-order valence-corrected chi connectivity index (χ4v) is 1.77. The topological polar surface area (TPSA) is 37.3 Å². The van der Waals surface area contributed by atoms with Crippen molar-refractivity contribution < 1.29 is 9.90 Å². The zero-order valence-corrected chi connectivity index (χ0v) is 11.3. The summed E-state index contributed by atoms with van der Waals surface area (Å²) in [6.45, 7) is 2.19. The van der Waals surface area contributed by atoms with Gasteiger partial charge in [-0.1, -0.05) is 68.7 Å². The average Bonchev–Trinajstić information content (AvgIpc) is 2.26. The van der Waals surface area contributed by atoms with Crippen LogP contribution < -0.4 is 0 Å². The largest absolute Gasteiger partial charge is 0.477 e. The van der Waals surface area contributed by atoms with E-state index < -0.39 is 5.97 Å². The van der Waals surface area contributed by atoms with Gasteiger partial charge in [-0.15, -0.1) is 0 Å². The first-order valence-electron chi connectivity index (χ1n) is 5.87. The van der Waals surface area contributed by atoms with E-state index in [1.165, 1.54) is 32.1 Å². The quantitative estimate of drug-likeness (QED) is 0.476. The summed E-state index contributed by atoms with van der Waals surface area (Å²) in [6, 6.07) is 0. The van der Waals surface area contributed by atoms with Crippen molar-refractivity contribution in [1.29, 1.82) is 0 Å². The first-order chi connectivity index (χ1) is 7.59. The number of halogens is 2. The summed E-state index contributed by atoms with van der Waals surface area (Å²) in [5.74, 6) is -1.14. The van der Waals surface area contributed by atoms with E-state index >= 15 is 0 Å². The summed E-state index contributed by atoms with van der Waals surface area (Å²) in [4.78, 5) is 10.5. The van der Waals surface area contributed by atoms with Crippen molar-refractivity contribution in [1.82, 2.24) is 0 Å². The second-order valence-electron chi connectivity index (χ2n) is 3.90. The number of carboxylic acid groups (broad SMARTS) is 1. The van der Waals surface area contributed by atoms with Gasteiger partial charge in [0.15, 0.2) is 0 Å². The normalized spacial score (nSPS) is 12.4. The molecule has 94 valence electrons. The lowest BCUT2D eigenvalue weighted by Gasteiger charge is -2.01. The Morgan fingerprint density at radius 1 is 1.00 bits per heavy atom. The van der Waals surface area contributed by atoms with E-state index in [0.29, 0.717) is 6.42 Å². The second kappa shape index (κ2) is 9.98. The van der Waals surface area contributed by atoms with Gasteiger partial charge in [0.2, 0.25) is 0 Å². The Morgan fingerprint density at radius 2 is 1.50 bits per heavy atom. The van der Waals surface area contributed by atoms with Crippen molar-refractivity contribution in [3.05, 3.63) is 10.1 Å². The number of carboxylic acids is 1. The van der Waals surface area contributed by atoms with Gasteiger partial charge in [0, 0.05) is 5.03 Å². The van der Waals surface area contributed by atoms with Crippen LogP contribution in [0.5, 0.6) is 0 Å². The molecule has 0 aromatic rings. The molecule has 16 heavy (non-hydrogen) atoms. The van der Waals surface area contributed by atoms with Gasteiger partial charge in [-0.2, -0.15) is 0 Å². The Morgan fingerprint density at radius 3 is 2.00 bits per heavy atom. The zero-order chi connectivity index (χ0) is 12.4. The molecule has 0 aliphatic carbocycles. The lowest BCUT2D eigenvalue weighted by atomic mass is 10.1. The van der Waals surface area contributed by atoms with Crippen LogP contribution in [0.4, 0.5) is 0 Å². The molecule has 0 aromatic carbocycles. The molecule has 0 amide bonds. The highest BCUT2D eigenvalue weighted by Crippen LogP contribution is 2.21. The highest BCUT2D eigenvalue weighted by Gasteiger charge is 2.09. The monoisotopic (exact) mass is 266 g/mol.